The van der Waals surface area contributed by atoms with Gasteiger partial charge in [0.25, 0.3) is 0 Å². The third-order valence-corrected chi connectivity index (χ3v) is 6.12. The summed E-state index contributed by atoms with van der Waals surface area (Å²) >= 11 is 12.4. The molecule has 30 heavy (non-hydrogen) atoms. The molecule has 1 N–H and O–H groups in total. The first-order valence-corrected chi connectivity index (χ1v) is 10.5. The van der Waals surface area contributed by atoms with Crippen molar-refractivity contribution in [3.05, 3.63) is 57.1 Å². The van der Waals surface area contributed by atoms with Crippen LogP contribution in [0, 0.1) is 0 Å². The predicted molar refractivity (Wildman–Crippen MR) is 121 cm³/mol. The van der Waals surface area contributed by atoms with Crippen LogP contribution in [0.5, 0.6) is 17.2 Å². The second-order valence-corrected chi connectivity index (χ2v) is 8.14. The standard InChI is InChI=1S/C23H25Cl2NO4/c1-26-11-9-14(10-12-26)21-20(29-2)13-19(28)22(23(21)30-3)18(27)8-7-15-16(24)5-4-6-17(15)25/h4-8,13-14,28H,9-12H2,1-3H3/b8-7+. The number of ether oxygens (including phenoxy) is 2. The molecule has 0 amide bonds. The smallest absolute Gasteiger partial charge is 0.193 e. The Morgan fingerprint density at radius 3 is 2.37 bits per heavy atom. The van der Waals surface area contributed by atoms with E-state index in [0.717, 1.165) is 31.5 Å². The predicted octanol–water partition coefficient (Wildman–Crippen LogP) is 5.42. The fourth-order valence-electron chi connectivity index (χ4n) is 3.85. The number of nitrogens with zero attached hydrogens (tertiary/aromatic N) is 1. The molecule has 160 valence electrons. The zero-order valence-electron chi connectivity index (χ0n) is 17.2. The molecule has 1 fully saturated rings. The van der Waals surface area contributed by atoms with Crippen LogP contribution in [0.4, 0.5) is 0 Å². The Labute approximate surface area is 186 Å². The van der Waals surface area contributed by atoms with Gasteiger partial charge in [-0.05, 0) is 63.2 Å². The molecule has 0 bridgehead atoms. The fourth-order valence-corrected chi connectivity index (χ4v) is 4.38. The first-order chi connectivity index (χ1) is 14.4. The summed E-state index contributed by atoms with van der Waals surface area (Å²) in [6, 6.07) is 6.61. The number of likely N-dealkylation sites (tertiary alicyclic amines) is 1. The third kappa shape index (κ3) is 4.59. The summed E-state index contributed by atoms with van der Waals surface area (Å²) in [6.07, 6.45) is 4.71. The van der Waals surface area contributed by atoms with E-state index in [1.165, 1.54) is 19.3 Å². The summed E-state index contributed by atoms with van der Waals surface area (Å²) < 4.78 is 11.2. The minimum atomic E-state index is -0.405. The number of hydrogen-bond donors (Lipinski definition) is 1. The number of hydrogen-bond acceptors (Lipinski definition) is 5. The number of methoxy groups -OCH3 is 2. The molecule has 3 rings (SSSR count). The van der Waals surface area contributed by atoms with Gasteiger partial charge in [-0.1, -0.05) is 29.3 Å². The quantitative estimate of drug-likeness (QED) is 0.471. The second kappa shape index (κ2) is 9.73. The Morgan fingerprint density at radius 1 is 1.17 bits per heavy atom. The van der Waals surface area contributed by atoms with E-state index in [9.17, 15) is 9.90 Å². The van der Waals surface area contributed by atoms with Crippen molar-refractivity contribution < 1.29 is 19.4 Å². The summed E-state index contributed by atoms with van der Waals surface area (Å²) in [7, 11) is 5.13. The molecule has 0 aromatic heterocycles. The van der Waals surface area contributed by atoms with Crippen LogP contribution in [-0.4, -0.2) is 50.1 Å². The average molecular weight is 450 g/mol. The summed E-state index contributed by atoms with van der Waals surface area (Å²) in [5.41, 5.74) is 1.46. The normalized spacial score (nSPS) is 15.5. The number of allylic oxidation sites excluding steroid dienone is 1. The van der Waals surface area contributed by atoms with Gasteiger partial charge in [0.2, 0.25) is 0 Å². The zero-order chi connectivity index (χ0) is 21.8. The summed E-state index contributed by atoms with van der Waals surface area (Å²) in [5.74, 6) is 0.438. The Morgan fingerprint density at radius 2 is 1.80 bits per heavy atom. The van der Waals surface area contributed by atoms with Gasteiger partial charge in [0, 0.05) is 27.2 Å². The minimum absolute atomic E-state index is 0.103. The van der Waals surface area contributed by atoms with Crippen LogP contribution in [0.1, 0.15) is 40.2 Å². The van der Waals surface area contributed by atoms with E-state index in [1.54, 1.807) is 31.4 Å². The number of rotatable bonds is 6. The number of ketones is 1. The summed E-state index contributed by atoms with van der Waals surface area (Å²) in [4.78, 5) is 15.3. The van der Waals surface area contributed by atoms with Crippen molar-refractivity contribution in [1.82, 2.24) is 4.90 Å². The van der Waals surface area contributed by atoms with Gasteiger partial charge in [-0.3, -0.25) is 4.79 Å². The number of halogens is 2. The largest absolute Gasteiger partial charge is 0.507 e. The SMILES string of the molecule is COc1cc(O)c(C(=O)/C=C/c2c(Cl)cccc2Cl)c(OC)c1C1CCN(C)CC1. The number of carbonyl (C=O) groups is 1. The van der Waals surface area contributed by atoms with Crippen LogP contribution in [0.15, 0.2) is 30.3 Å². The highest BCUT2D eigenvalue weighted by Crippen LogP contribution is 2.46. The van der Waals surface area contributed by atoms with Crippen LogP contribution in [-0.2, 0) is 0 Å². The lowest BCUT2D eigenvalue weighted by molar-refractivity contribution is 0.104. The number of phenols is 1. The van der Waals surface area contributed by atoms with E-state index in [-0.39, 0.29) is 17.2 Å². The molecule has 0 saturated carbocycles. The van der Waals surface area contributed by atoms with E-state index in [4.69, 9.17) is 32.7 Å². The van der Waals surface area contributed by atoms with Crippen LogP contribution in [0.2, 0.25) is 10.0 Å². The van der Waals surface area contributed by atoms with Gasteiger partial charge in [0.1, 0.15) is 22.8 Å². The van der Waals surface area contributed by atoms with Crippen LogP contribution >= 0.6 is 23.2 Å². The molecule has 0 radical (unpaired) electrons. The van der Waals surface area contributed by atoms with Gasteiger partial charge < -0.3 is 19.5 Å². The molecule has 2 aromatic carbocycles. The number of aromatic hydroxyl groups is 1. The van der Waals surface area contributed by atoms with E-state index in [1.807, 2.05) is 0 Å². The van der Waals surface area contributed by atoms with Crippen molar-refractivity contribution in [2.45, 2.75) is 18.8 Å². The average Bonchev–Trinajstić information content (AvgIpc) is 2.73. The topological polar surface area (TPSA) is 59.0 Å². The lowest BCUT2D eigenvalue weighted by atomic mass is 9.86. The molecule has 1 aliphatic heterocycles. The number of phenolic OH excluding ortho intramolecular Hbond substituents is 1. The van der Waals surface area contributed by atoms with Gasteiger partial charge >= 0.3 is 0 Å². The fraction of sp³-hybridized carbons (Fsp3) is 0.348. The van der Waals surface area contributed by atoms with Crippen molar-refractivity contribution in [1.29, 1.82) is 0 Å². The zero-order valence-corrected chi connectivity index (χ0v) is 18.8. The van der Waals surface area contributed by atoms with E-state index in [0.29, 0.717) is 27.1 Å². The maximum absolute atomic E-state index is 13.1. The summed E-state index contributed by atoms with van der Waals surface area (Å²) in [5, 5.41) is 11.5. The number of benzene rings is 2. The number of piperidine rings is 1. The van der Waals surface area contributed by atoms with E-state index < -0.39 is 5.78 Å². The molecule has 0 aliphatic carbocycles. The maximum Gasteiger partial charge on any atom is 0.193 e. The molecule has 1 aliphatic rings. The van der Waals surface area contributed by atoms with Crippen LogP contribution < -0.4 is 9.47 Å². The van der Waals surface area contributed by atoms with Gasteiger partial charge in [0.05, 0.1) is 14.2 Å². The minimum Gasteiger partial charge on any atom is -0.507 e. The van der Waals surface area contributed by atoms with E-state index >= 15 is 0 Å². The van der Waals surface area contributed by atoms with Crippen molar-refractivity contribution >= 4 is 35.1 Å². The summed E-state index contributed by atoms with van der Waals surface area (Å²) in [6.45, 7) is 1.87. The molecule has 2 aromatic rings. The lowest BCUT2D eigenvalue weighted by Crippen LogP contribution is -2.29. The van der Waals surface area contributed by atoms with Crippen molar-refractivity contribution in [2.75, 3.05) is 34.4 Å². The Hall–Kier alpha value is -2.21. The maximum atomic E-state index is 13.1. The first kappa shape index (κ1) is 22.5. The molecule has 5 nitrogen and oxygen atoms in total. The highest BCUT2D eigenvalue weighted by Gasteiger charge is 2.30. The van der Waals surface area contributed by atoms with Gasteiger partial charge in [-0.15, -0.1) is 0 Å². The lowest BCUT2D eigenvalue weighted by Gasteiger charge is -2.31. The van der Waals surface area contributed by atoms with Crippen LogP contribution in [0.3, 0.4) is 0 Å². The Kier molecular flexibility index (Phi) is 7.29. The number of carbonyl (C=O) groups excluding carboxylic acids is 1. The van der Waals surface area contributed by atoms with E-state index in [2.05, 4.69) is 11.9 Å². The molecule has 1 saturated heterocycles. The van der Waals surface area contributed by atoms with Gasteiger partial charge in [-0.2, -0.15) is 0 Å². The monoisotopic (exact) mass is 449 g/mol. The molecule has 1 heterocycles. The molecule has 0 unspecified atom stereocenters. The van der Waals surface area contributed by atoms with Crippen molar-refractivity contribution in [3.63, 3.8) is 0 Å². The second-order valence-electron chi connectivity index (χ2n) is 7.33. The van der Waals surface area contributed by atoms with Gasteiger partial charge in [0.15, 0.2) is 5.78 Å². The van der Waals surface area contributed by atoms with Crippen LogP contribution in [0.25, 0.3) is 6.08 Å². The molecular weight excluding hydrogens is 425 g/mol. The van der Waals surface area contributed by atoms with Gasteiger partial charge in [-0.25, -0.2) is 0 Å². The molecular formula is C23H25Cl2NO4. The highest BCUT2D eigenvalue weighted by molar-refractivity contribution is 6.37. The molecule has 0 spiro atoms. The van der Waals surface area contributed by atoms with Crippen molar-refractivity contribution in [3.8, 4) is 17.2 Å². The molecule has 0 atom stereocenters. The first-order valence-electron chi connectivity index (χ1n) is 9.70. The molecule has 7 heteroatoms. The Bertz CT molecular complexity index is 946. The Balaban J connectivity index is 2.04. The third-order valence-electron chi connectivity index (χ3n) is 5.46. The highest BCUT2D eigenvalue weighted by atomic mass is 35.5. The van der Waals surface area contributed by atoms with Crippen molar-refractivity contribution in [2.24, 2.45) is 0 Å².